The fourth-order valence-corrected chi connectivity index (χ4v) is 3.90. The molecule has 1 aromatic rings. The predicted octanol–water partition coefficient (Wildman–Crippen LogP) is 2.39. The van der Waals surface area contributed by atoms with Gasteiger partial charge in [0.15, 0.2) is 0 Å². The van der Waals surface area contributed by atoms with Crippen molar-refractivity contribution in [3.05, 3.63) is 35.6 Å². The van der Waals surface area contributed by atoms with Crippen LogP contribution in [0.1, 0.15) is 31.7 Å². The molecule has 2 aliphatic rings. The maximum absolute atomic E-state index is 13.7. The zero-order chi connectivity index (χ0) is 17.6. The van der Waals surface area contributed by atoms with E-state index in [9.17, 15) is 9.18 Å². The molecule has 0 bridgehead atoms. The normalized spacial score (nSPS) is 23.0. The molecule has 2 aliphatic heterocycles. The maximum atomic E-state index is 13.7. The summed E-state index contributed by atoms with van der Waals surface area (Å²) in [5, 5.41) is 0. The third-order valence-electron chi connectivity index (χ3n) is 5.60. The molecule has 0 unspecified atom stereocenters. The van der Waals surface area contributed by atoms with Gasteiger partial charge in [-0.25, -0.2) is 4.39 Å². The molecule has 2 saturated heterocycles. The van der Waals surface area contributed by atoms with Crippen LogP contribution in [0, 0.1) is 5.82 Å². The lowest BCUT2D eigenvalue weighted by Gasteiger charge is -2.38. The highest BCUT2D eigenvalue weighted by molar-refractivity contribution is 5.78. The molecular weight excluding hydrogens is 317 g/mol. The maximum Gasteiger partial charge on any atom is 0.236 e. The first-order chi connectivity index (χ1) is 12.1. The second-order valence-electron chi connectivity index (χ2n) is 7.39. The second kappa shape index (κ2) is 8.77. The summed E-state index contributed by atoms with van der Waals surface area (Å²) in [4.78, 5) is 19.2. The van der Waals surface area contributed by atoms with Crippen molar-refractivity contribution in [2.75, 3.05) is 45.8 Å². The van der Waals surface area contributed by atoms with Crippen LogP contribution in [0.15, 0.2) is 24.3 Å². The lowest BCUT2D eigenvalue weighted by Crippen LogP contribution is -2.52. The van der Waals surface area contributed by atoms with Gasteiger partial charge < -0.3 is 9.80 Å². The van der Waals surface area contributed by atoms with Gasteiger partial charge >= 0.3 is 0 Å². The summed E-state index contributed by atoms with van der Waals surface area (Å²) in [6.45, 7) is 8.27. The highest BCUT2D eigenvalue weighted by Crippen LogP contribution is 2.17. The summed E-state index contributed by atoms with van der Waals surface area (Å²) in [5.41, 5.74) is 0.791. The Balaban J connectivity index is 1.40. The minimum absolute atomic E-state index is 0.109. The van der Waals surface area contributed by atoms with Gasteiger partial charge in [-0.2, -0.15) is 0 Å². The molecule has 0 N–H and O–H groups in total. The molecule has 0 saturated carbocycles. The Morgan fingerprint density at radius 2 is 1.80 bits per heavy atom. The summed E-state index contributed by atoms with van der Waals surface area (Å²) < 4.78 is 13.7. The Hall–Kier alpha value is -1.46. The van der Waals surface area contributed by atoms with Gasteiger partial charge in [0.25, 0.3) is 0 Å². The van der Waals surface area contributed by atoms with Crippen molar-refractivity contribution in [3.8, 4) is 0 Å². The van der Waals surface area contributed by atoms with E-state index in [-0.39, 0.29) is 11.7 Å². The number of hydrogen-bond donors (Lipinski definition) is 0. The van der Waals surface area contributed by atoms with Gasteiger partial charge in [-0.05, 0) is 44.2 Å². The van der Waals surface area contributed by atoms with Crippen LogP contribution in [0.5, 0.6) is 0 Å². The quantitative estimate of drug-likeness (QED) is 0.818. The van der Waals surface area contributed by atoms with E-state index in [1.54, 1.807) is 6.07 Å². The molecule has 25 heavy (non-hydrogen) atoms. The van der Waals surface area contributed by atoms with E-state index >= 15 is 0 Å². The number of carbonyl (C=O) groups is 1. The Labute approximate surface area is 150 Å². The largest absolute Gasteiger partial charge is 0.339 e. The third-order valence-corrected chi connectivity index (χ3v) is 5.60. The number of carbonyl (C=O) groups excluding carboxylic acids is 1. The van der Waals surface area contributed by atoms with Crippen LogP contribution < -0.4 is 0 Å². The van der Waals surface area contributed by atoms with Crippen LogP contribution in [-0.4, -0.2) is 72.5 Å². The number of benzene rings is 1. The molecule has 0 aliphatic carbocycles. The highest BCUT2D eigenvalue weighted by Gasteiger charge is 2.26. The number of likely N-dealkylation sites (tertiary alicyclic amines) is 1. The number of piperazine rings is 1. The van der Waals surface area contributed by atoms with E-state index in [1.165, 1.54) is 12.5 Å². The fraction of sp³-hybridized carbons (Fsp3) is 0.650. The molecule has 1 aromatic carbocycles. The number of amides is 1. The van der Waals surface area contributed by atoms with Crippen molar-refractivity contribution in [3.63, 3.8) is 0 Å². The summed E-state index contributed by atoms with van der Waals surface area (Å²) in [6.07, 6.45) is 4.26. The molecule has 0 spiro atoms. The first kappa shape index (κ1) is 18.3. The predicted molar refractivity (Wildman–Crippen MR) is 98.0 cm³/mol. The van der Waals surface area contributed by atoms with Crippen LogP contribution in [0.4, 0.5) is 4.39 Å². The second-order valence-corrected chi connectivity index (χ2v) is 7.39. The first-order valence-corrected chi connectivity index (χ1v) is 9.61. The molecule has 1 atom stereocenters. The zero-order valence-corrected chi connectivity index (χ0v) is 15.3. The minimum Gasteiger partial charge on any atom is -0.339 e. The van der Waals surface area contributed by atoms with Crippen molar-refractivity contribution in [2.24, 2.45) is 0 Å². The summed E-state index contributed by atoms with van der Waals surface area (Å²) in [6, 6.07) is 7.41. The van der Waals surface area contributed by atoms with Crippen LogP contribution >= 0.6 is 0 Å². The number of hydrogen-bond acceptors (Lipinski definition) is 3. The highest BCUT2D eigenvalue weighted by atomic mass is 19.1. The van der Waals surface area contributed by atoms with Gasteiger partial charge in [0.2, 0.25) is 5.91 Å². The van der Waals surface area contributed by atoms with Gasteiger partial charge in [-0.15, -0.1) is 0 Å². The van der Waals surface area contributed by atoms with Gasteiger partial charge in [0.05, 0.1) is 6.54 Å². The van der Waals surface area contributed by atoms with Gasteiger partial charge in [0.1, 0.15) is 5.82 Å². The van der Waals surface area contributed by atoms with E-state index in [0.717, 1.165) is 64.1 Å². The van der Waals surface area contributed by atoms with E-state index in [2.05, 4.69) is 21.6 Å². The molecule has 3 rings (SSSR count). The molecule has 0 aromatic heterocycles. The van der Waals surface area contributed by atoms with Crippen LogP contribution in [0.2, 0.25) is 0 Å². The first-order valence-electron chi connectivity index (χ1n) is 9.61. The SMILES string of the molecule is C[C@@H]1CCCCN1C(=O)CN1CCN(CCc2ccccc2F)CC1. The number of nitrogens with zero attached hydrogens (tertiary/aromatic N) is 3. The molecule has 5 heteroatoms. The van der Waals surface area contributed by atoms with E-state index in [0.29, 0.717) is 12.6 Å². The van der Waals surface area contributed by atoms with Crippen molar-refractivity contribution in [1.29, 1.82) is 0 Å². The Kier molecular flexibility index (Phi) is 6.43. The molecule has 4 nitrogen and oxygen atoms in total. The molecule has 0 radical (unpaired) electrons. The molecule has 1 amide bonds. The summed E-state index contributed by atoms with van der Waals surface area (Å²) in [5.74, 6) is 0.175. The van der Waals surface area contributed by atoms with Crippen molar-refractivity contribution in [2.45, 2.75) is 38.6 Å². The van der Waals surface area contributed by atoms with Gasteiger partial charge in [-0.3, -0.25) is 9.69 Å². The lowest BCUT2D eigenvalue weighted by atomic mass is 10.0. The van der Waals surface area contributed by atoms with E-state index in [1.807, 2.05) is 12.1 Å². The smallest absolute Gasteiger partial charge is 0.236 e. The van der Waals surface area contributed by atoms with Crippen LogP contribution in [0.25, 0.3) is 0 Å². The van der Waals surface area contributed by atoms with E-state index in [4.69, 9.17) is 0 Å². The van der Waals surface area contributed by atoms with Crippen molar-refractivity contribution < 1.29 is 9.18 Å². The zero-order valence-electron chi connectivity index (χ0n) is 15.3. The number of piperidine rings is 1. The van der Waals surface area contributed by atoms with Crippen molar-refractivity contribution >= 4 is 5.91 Å². The average Bonchev–Trinajstić information content (AvgIpc) is 2.62. The summed E-state index contributed by atoms with van der Waals surface area (Å²) in [7, 11) is 0. The Bertz CT molecular complexity index is 572. The van der Waals surface area contributed by atoms with Gasteiger partial charge in [-0.1, -0.05) is 18.2 Å². The number of rotatable bonds is 5. The van der Waals surface area contributed by atoms with E-state index < -0.39 is 0 Å². The monoisotopic (exact) mass is 347 g/mol. The summed E-state index contributed by atoms with van der Waals surface area (Å²) >= 11 is 0. The molecule has 2 fully saturated rings. The molecule has 138 valence electrons. The Morgan fingerprint density at radius 1 is 1.08 bits per heavy atom. The van der Waals surface area contributed by atoms with Crippen molar-refractivity contribution in [1.82, 2.24) is 14.7 Å². The lowest BCUT2D eigenvalue weighted by molar-refractivity contribution is -0.136. The number of halogens is 1. The molecule has 2 heterocycles. The average molecular weight is 347 g/mol. The third kappa shape index (κ3) is 5.02. The minimum atomic E-state index is -0.109. The standard InChI is InChI=1S/C20H30FN3O/c1-17-6-4-5-10-24(17)20(25)16-23-14-12-22(13-15-23)11-9-18-7-2-3-8-19(18)21/h2-3,7-8,17H,4-6,9-16H2,1H3/t17-/m1/s1. The topological polar surface area (TPSA) is 26.8 Å². The van der Waals surface area contributed by atoms with Gasteiger partial charge in [0, 0.05) is 45.3 Å². The van der Waals surface area contributed by atoms with Crippen LogP contribution in [-0.2, 0) is 11.2 Å². The fourth-order valence-electron chi connectivity index (χ4n) is 3.90. The Morgan fingerprint density at radius 3 is 2.52 bits per heavy atom. The van der Waals surface area contributed by atoms with Crippen LogP contribution in [0.3, 0.4) is 0 Å². The molecular formula is C20H30FN3O.